The molecule has 29 heavy (non-hydrogen) atoms. The first-order valence-electron chi connectivity index (χ1n) is 9.66. The van der Waals surface area contributed by atoms with Gasteiger partial charge in [0.15, 0.2) is 0 Å². The summed E-state index contributed by atoms with van der Waals surface area (Å²) in [4.78, 5) is 14.6. The van der Waals surface area contributed by atoms with Crippen LogP contribution in [0.15, 0.2) is 61.2 Å². The first-order chi connectivity index (χ1) is 14.1. The van der Waals surface area contributed by atoms with Crippen LogP contribution in [0.25, 0.3) is 0 Å². The number of unbranched alkanes of at least 4 members (excludes halogenated alkanes) is 1. The van der Waals surface area contributed by atoms with Crippen LogP contribution in [0.2, 0.25) is 0 Å². The molecule has 1 aliphatic heterocycles. The molecule has 6 heteroatoms. The van der Waals surface area contributed by atoms with Gasteiger partial charge in [0, 0.05) is 0 Å². The number of para-hydroxylation sites is 2. The van der Waals surface area contributed by atoms with Crippen LogP contribution in [-0.2, 0) is 9.53 Å². The fourth-order valence-corrected chi connectivity index (χ4v) is 3.35. The molecule has 0 bridgehead atoms. The highest BCUT2D eigenvalue weighted by Crippen LogP contribution is 2.56. The third-order valence-corrected chi connectivity index (χ3v) is 4.90. The monoisotopic (exact) mass is 386 g/mol. The topological polar surface area (TPSA) is 62.3 Å². The highest BCUT2D eigenvalue weighted by Gasteiger charge is 2.66. The van der Waals surface area contributed by atoms with Gasteiger partial charge in [0.1, 0.15) is 25.6 Å². The number of ether oxygens (including phenoxy) is 2. The molecule has 2 aromatic carbocycles. The summed E-state index contributed by atoms with van der Waals surface area (Å²) in [6, 6.07) is 16.2. The number of hydrogen-bond acceptors (Lipinski definition) is 5. The predicted molar refractivity (Wildman–Crippen MR) is 113 cm³/mol. The Balaban J connectivity index is 1.97. The van der Waals surface area contributed by atoms with Gasteiger partial charge in [-0.2, -0.15) is 5.26 Å². The molecule has 5 nitrogen and oxygen atoms in total. The molecule has 1 aliphatic rings. The third-order valence-electron chi connectivity index (χ3n) is 4.90. The van der Waals surface area contributed by atoms with E-state index >= 15 is 0 Å². The zero-order chi connectivity index (χ0) is 20.9. The molecule has 2 atom stereocenters. The number of anilines is 1. The molecule has 0 amide bonds. The third kappa shape index (κ3) is 4.00. The smallest absolute Gasteiger partial charge is 0.324 e. The van der Waals surface area contributed by atoms with Crippen molar-refractivity contribution in [2.75, 3.05) is 18.1 Å². The van der Waals surface area contributed by atoms with Crippen LogP contribution in [0.3, 0.4) is 0 Å². The van der Waals surface area contributed by atoms with Gasteiger partial charge in [-0.05, 0) is 36.2 Å². The quantitative estimate of drug-likeness (QED) is 0.215. The van der Waals surface area contributed by atoms with E-state index in [4.69, 9.17) is 22.6 Å². The van der Waals surface area contributed by atoms with Crippen LogP contribution in [0.5, 0.6) is 5.75 Å². The standard InChI is InChI=1S/C23H23BN2O3/c1-3-5-15-28-20-9-7-6-8-19(20)26-21(18-12-10-17(16-25)11-13-18)23(26,24)22(27)29-14-4-2/h4,6-13,21H,2-3,5,14-15H2,1H3/t21-,23-,26?/m1/s1. The molecule has 3 rings (SSSR count). The first kappa shape index (κ1) is 20.5. The number of rotatable bonds is 9. The first-order valence-corrected chi connectivity index (χ1v) is 9.66. The number of esters is 1. The largest absolute Gasteiger partial charge is 0.491 e. The molecule has 0 aliphatic carbocycles. The van der Waals surface area contributed by atoms with Crippen molar-refractivity contribution in [3.63, 3.8) is 0 Å². The van der Waals surface area contributed by atoms with Gasteiger partial charge in [-0.3, -0.25) is 4.79 Å². The van der Waals surface area contributed by atoms with Crippen LogP contribution >= 0.6 is 0 Å². The number of benzene rings is 2. The Labute approximate surface area is 173 Å². The van der Waals surface area contributed by atoms with Gasteiger partial charge in [0.2, 0.25) is 0 Å². The minimum absolute atomic E-state index is 0.0837. The lowest BCUT2D eigenvalue weighted by Crippen LogP contribution is -2.32. The van der Waals surface area contributed by atoms with Crippen LogP contribution in [0.1, 0.15) is 36.9 Å². The van der Waals surface area contributed by atoms with Crippen molar-refractivity contribution in [3.8, 4) is 11.8 Å². The molecule has 1 fully saturated rings. The van der Waals surface area contributed by atoms with Gasteiger partial charge in [-0.25, -0.2) is 0 Å². The molecule has 0 N–H and O–H groups in total. The van der Waals surface area contributed by atoms with E-state index in [0.29, 0.717) is 17.9 Å². The van der Waals surface area contributed by atoms with E-state index in [1.165, 1.54) is 6.08 Å². The maximum Gasteiger partial charge on any atom is 0.324 e. The van der Waals surface area contributed by atoms with Crippen LogP contribution < -0.4 is 9.64 Å². The van der Waals surface area contributed by atoms with Gasteiger partial charge < -0.3 is 14.4 Å². The van der Waals surface area contributed by atoms with Crippen molar-refractivity contribution < 1.29 is 14.3 Å². The van der Waals surface area contributed by atoms with Gasteiger partial charge in [-0.1, -0.05) is 50.3 Å². The number of carbonyl (C=O) groups excluding carboxylic acids is 1. The molecular formula is C23H23BN2O3. The molecule has 146 valence electrons. The summed E-state index contributed by atoms with van der Waals surface area (Å²) >= 11 is 0. The summed E-state index contributed by atoms with van der Waals surface area (Å²) in [5.74, 6) is 0.138. The van der Waals surface area contributed by atoms with E-state index in [9.17, 15) is 4.79 Å². The van der Waals surface area contributed by atoms with E-state index in [1.54, 1.807) is 17.0 Å². The molecule has 2 aromatic rings. The number of carbonyl (C=O) groups is 1. The number of nitriles is 1. The van der Waals surface area contributed by atoms with E-state index in [0.717, 1.165) is 24.1 Å². The van der Waals surface area contributed by atoms with Crippen LogP contribution in [0, 0.1) is 11.3 Å². The van der Waals surface area contributed by atoms with E-state index < -0.39 is 17.4 Å². The van der Waals surface area contributed by atoms with E-state index in [2.05, 4.69) is 19.6 Å². The maximum atomic E-state index is 12.8. The maximum absolute atomic E-state index is 12.8. The van der Waals surface area contributed by atoms with Gasteiger partial charge in [-0.15, -0.1) is 0 Å². The second-order valence-electron chi connectivity index (χ2n) is 6.89. The summed E-state index contributed by atoms with van der Waals surface area (Å²) in [5, 5.41) is 9.05. The molecule has 1 saturated heterocycles. The van der Waals surface area contributed by atoms with Gasteiger partial charge in [0.25, 0.3) is 0 Å². The lowest BCUT2D eigenvalue weighted by atomic mass is 9.81. The summed E-state index contributed by atoms with van der Waals surface area (Å²) in [7, 11) is 6.57. The number of nitrogens with zero attached hydrogens (tertiary/aromatic N) is 2. The summed E-state index contributed by atoms with van der Waals surface area (Å²) < 4.78 is 11.2. The average Bonchev–Trinajstić information content (AvgIpc) is 3.39. The van der Waals surface area contributed by atoms with Gasteiger partial charge in [0.05, 0.1) is 30.0 Å². The van der Waals surface area contributed by atoms with Crippen molar-refractivity contribution in [1.82, 2.24) is 0 Å². The molecule has 0 spiro atoms. The summed E-state index contributed by atoms with van der Waals surface area (Å²) in [6.07, 6.45) is 3.46. The lowest BCUT2D eigenvalue weighted by molar-refractivity contribution is -0.142. The molecule has 0 aromatic heterocycles. The Bertz CT molecular complexity index is 922. The molecular weight excluding hydrogens is 363 g/mol. The van der Waals surface area contributed by atoms with E-state index in [1.807, 2.05) is 36.4 Å². The minimum atomic E-state index is -1.36. The lowest BCUT2D eigenvalue weighted by Gasteiger charge is -2.16. The Morgan fingerprint density at radius 3 is 2.69 bits per heavy atom. The van der Waals surface area contributed by atoms with Crippen LogP contribution in [0.4, 0.5) is 5.69 Å². The minimum Gasteiger partial charge on any atom is -0.491 e. The fourth-order valence-electron chi connectivity index (χ4n) is 3.35. The zero-order valence-corrected chi connectivity index (χ0v) is 16.5. The summed E-state index contributed by atoms with van der Waals surface area (Å²) in [6.45, 7) is 6.35. The van der Waals surface area contributed by atoms with Crippen molar-refractivity contribution in [2.45, 2.75) is 31.2 Å². The second kappa shape index (κ2) is 8.87. The number of hydrogen-bond donors (Lipinski definition) is 0. The Hall–Kier alpha value is -3.20. The van der Waals surface area contributed by atoms with Crippen molar-refractivity contribution in [1.29, 1.82) is 5.26 Å². The Kier molecular flexibility index (Phi) is 6.28. The van der Waals surface area contributed by atoms with Crippen LogP contribution in [-0.4, -0.2) is 32.5 Å². The normalized spacial score (nSPS) is 19.9. The van der Waals surface area contributed by atoms with Crippen molar-refractivity contribution >= 4 is 19.5 Å². The zero-order valence-electron chi connectivity index (χ0n) is 16.5. The fraction of sp³-hybridized carbons (Fsp3) is 0.304. The average molecular weight is 386 g/mol. The summed E-state index contributed by atoms with van der Waals surface area (Å²) in [5.41, 5.74) is 0.740. The molecule has 2 radical (unpaired) electrons. The second-order valence-corrected chi connectivity index (χ2v) is 6.89. The van der Waals surface area contributed by atoms with E-state index in [-0.39, 0.29) is 6.61 Å². The van der Waals surface area contributed by atoms with Gasteiger partial charge >= 0.3 is 5.97 Å². The molecule has 1 heterocycles. The SMILES string of the molecule is [B][C@]1(C(=O)OCC=C)[C@@H](c2ccc(C#N)cc2)N1c1ccccc1OCCCC. The van der Waals surface area contributed by atoms with Crippen molar-refractivity contribution in [3.05, 3.63) is 72.3 Å². The highest BCUT2D eigenvalue weighted by molar-refractivity contribution is 6.34. The molecule has 0 unspecified atom stereocenters. The predicted octanol–water partition coefficient (Wildman–Crippen LogP) is 3.89. The van der Waals surface area contributed by atoms with Crippen molar-refractivity contribution in [2.24, 2.45) is 0 Å². The highest BCUT2D eigenvalue weighted by atomic mass is 16.5. The Morgan fingerprint density at radius 2 is 2.03 bits per heavy atom. The Morgan fingerprint density at radius 1 is 1.31 bits per heavy atom. The molecule has 0 saturated carbocycles.